The molecule has 1 aliphatic heterocycles. The van der Waals surface area contributed by atoms with Gasteiger partial charge in [0.15, 0.2) is 11.9 Å². The van der Waals surface area contributed by atoms with Gasteiger partial charge in [-0.3, -0.25) is 0 Å². The minimum absolute atomic E-state index is 0.242. The Morgan fingerprint density at radius 3 is 3.00 bits per heavy atom. The van der Waals surface area contributed by atoms with Crippen LogP contribution in [0, 0.1) is 5.82 Å². The fraction of sp³-hybridized carbons (Fsp3) is 0.385. The van der Waals surface area contributed by atoms with Crippen molar-refractivity contribution in [1.29, 1.82) is 0 Å². The molecule has 1 aromatic heterocycles. The molecule has 0 bridgehead atoms. The number of aryl methyl sites for hydroxylation is 1. The van der Waals surface area contributed by atoms with Crippen LogP contribution in [0.15, 0.2) is 22.9 Å². The van der Waals surface area contributed by atoms with Crippen molar-refractivity contribution in [3.63, 3.8) is 0 Å². The van der Waals surface area contributed by atoms with Crippen molar-refractivity contribution in [1.82, 2.24) is 14.8 Å². The molecule has 1 unspecified atom stereocenters. The van der Waals surface area contributed by atoms with Crippen molar-refractivity contribution in [3.05, 3.63) is 39.6 Å². The zero-order chi connectivity index (χ0) is 14.1. The van der Waals surface area contributed by atoms with E-state index in [0.29, 0.717) is 15.5 Å². The first-order valence-corrected chi connectivity index (χ1v) is 7.52. The summed E-state index contributed by atoms with van der Waals surface area (Å²) in [5.41, 5.74) is 0. The number of benzene rings is 1. The Morgan fingerprint density at radius 2 is 2.20 bits per heavy atom. The number of hydrogen-bond acceptors (Lipinski definition) is 3. The molecular formula is C13H12BrClFN3O. The molecule has 1 aromatic carbocycles. The van der Waals surface area contributed by atoms with Crippen LogP contribution >= 0.6 is 27.5 Å². The van der Waals surface area contributed by atoms with Gasteiger partial charge >= 0.3 is 0 Å². The fourth-order valence-corrected chi connectivity index (χ4v) is 2.91. The summed E-state index contributed by atoms with van der Waals surface area (Å²) in [6.45, 7) is 0.817. The van der Waals surface area contributed by atoms with Crippen LogP contribution in [-0.4, -0.2) is 14.8 Å². The maximum atomic E-state index is 13.4. The maximum Gasteiger partial charge on any atom is 0.217 e. The second kappa shape index (κ2) is 5.69. The highest BCUT2D eigenvalue weighted by molar-refractivity contribution is 9.10. The summed E-state index contributed by atoms with van der Waals surface area (Å²) >= 11 is 9.12. The molecule has 0 fully saturated rings. The normalized spacial score (nSPS) is 18.4. The van der Waals surface area contributed by atoms with Crippen molar-refractivity contribution < 1.29 is 9.13 Å². The summed E-state index contributed by atoms with van der Waals surface area (Å²) in [4.78, 5) is 4.35. The van der Waals surface area contributed by atoms with E-state index in [-0.39, 0.29) is 6.10 Å². The third-order valence-electron chi connectivity index (χ3n) is 3.16. The second-order valence-corrected chi connectivity index (χ2v) is 5.82. The Hall–Kier alpha value is -1.14. The van der Waals surface area contributed by atoms with Crippen molar-refractivity contribution in [2.24, 2.45) is 0 Å². The lowest BCUT2D eigenvalue weighted by Gasteiger charge is -2.16. The molecule has 0 amide bonds. The number of hydrogen-bond donors (Lipinski definition) is 0. The summed E-state index contributed by atoms with van der Waals surface area (Å²) in [6, 6.07) is 4.18. The Labute approximate surface area is 129 Å². The minimum Gasteiger partial charge on any atom is -0.482 e. The standard InChI is InChI=1S/C13H12BrClFN3O/c14-13-17-12-11(3-1-2-4-19(12)18-13)20-10-6-8(15)5-9(16)7-10/h5-7,11H,1-4H2. The van der Waals surface area contributed by atoms with E-state index in [4.69, 9.17) is 16.3 Å². The monoisotopic (exact) mass is 359 g/mol. The van der Waals surface area contributed by atoms with Gasteiger partial charge in [-0.1, -0.05) is 11.6 Å². The summed E-state index contributed by atoms with van der Waals surface area (Å²) in [7, 11) is 0. The van der Waals surface area contributed by atoms with Crippen LogP contribution in [0.5, 0.6) is 5.75 Å². The molecular weight excluding hydrogens is 349 g/mol. The van der Waals surface area contributed by atoms with Gasteiger partial charge in [-0.05, 0) is 47.3 Å². The quantitative estimate of drug-likeness (QED) is 0.808. The SMILES string of the molecule is Fc1cc(Cl)cc(OC2CCCCn3nc(Br)nc32)c1. The zero-order valence-corrected chi connectivity index (χ0v) is 12.9. The van der Waals surface area contributed by atoms with E-state index in [9.17, 15) is 4.39 Å². The molecule has 1 atom stereocenters. The van der Waals surface area contributed by atoms with Crippen LogP contribution in [0.2, 0.25) is 5.02 Å². The third kappa shape index (κ3) is 2.96. The molecule has 7 heteroatoms. The van der Waals surface area contributed by atoms with Crippen molar-refractivity contribution >= 4 is 27.5 Å². The van der Waals surface area contributed by atoms with E-state index in [1.807, 2.05) is 4.68 Å². The van der Waals surface area contributed by atoms with Gasteiger partial charge in [0.2, 0.25) is 4.73 Å². The molecule has 20 heavy (non-hydrogen) atoms. The van der Waals surface area contributed by atoms with Crippen molar-refractivity contribution in [3.8, 4) is 5.75 Å². The lowest BCUT2D eigenvalue weighted by molar-refractivity contribution is 0.183. The largest absolute Gasteiger partial charge is 0.482 e. The topological polar surface area (TPSA) is 39.9 Å². The summed E-state index contributed by atoms with van der Waals surface area (Å²) in [5, 5.41) is 4.60. The highest BCUT2D eigenvalue weighted by Gasteiger charge is 2.24. The van der Waals surface area contributed by atoms with Gasteiger partial charge < -0.3 is 4.74 Å². The number of ether oxygens (including phenoxy) is 1. The van der Waals surface area contributed by atoms with Crippen LogP contribution in [0.25, 0.3) is 0 Å². The smallest absolute Gasteiger partial charge is 0.217 e. The van der Waals surface area contributed by atoms with Crippen LogP contribution in [0.1, 0.15) is 31.2 Å². The van der Waals surface area contributed by atoms with Crippen molar-refractivity contribution in [2.75, 3.05) is 0 Å². The van der Waals surface area contributed by atoms with Gasteiger partial charge in [-0.25, -0.2) is 14.1 Å². The lowest BCUT2D eigenvalue weighted by atomic mass is 10.1. The van der Waals surface area contributed by atoms with Gasteiger partial charge in [0.1, 0.15) is 11.6 Å². The molecule has 1 aliphatic rings. The maximum absolute atomic E-state index is 13.4. The Balaban J connectivity index is 1.89. The fourth-order valence-electron chi connectivity index (χ4n) is 2.32. The number of aromatic nitrogens is 3. The molecule has 0 radical (unpaired) electrons. The molecule has 2 heterocycles. The minimum atomic E-state index is -0.413. The number of nitrogens with zero attached hydrogens (tertiary/aromatic N) is 3. The first-order valence-electron chi connectivity index (χ1n) is 6.35. The molecule has 4 nitrogen and oxygen atoms in total. The Bertz CT molecular complexity index is 614. The average Bonchev–Trinajstić information content (AvgIpc) is 2.64. The van der Waals surface area contributed by atoms with Gasteiger partial charge in [-0.15, -0.1) is 5.10 Å². The first kappa shape index (κ1) is 13.8. The Kier molecular flexibility index (Phi) is 3.94. The van der Waals surface area contributed by atoms with E-state index in [1.54, 1.807) is 6.07 Å². The number of fused-ring (bicyclic) bond motifs is 1. The summed E-state index contributed by atoms with van der Waals surface area (Å²) < 4.78 is 21.6. The second-order valence-electron chi connectivity index (χ2n) is 4.67. The predicted molar refractivity (Wildman–Crippen MR) is 76.4 cm³/mol. The van der Waals surface area contributed by atoms with Gasteiger partial charge in [0.05, 0.1) is 0 Å². The molecule has 3 rings (SSSR count). The molecule has 0 N–H and O–H groups in total. The summed E-state index contributed by atoms with van der Waals surface area (Å²) in [6.07, 6.45) is 2.61. The van der Waals surface area contributed by atoms with Crippen LogP contribution in [0.3, 0.4) is 0 Å². The lowest BCUT2D eigenvalue weighted by Crippen LogP contribution is -2.12. The predicted octanol–water partition coefficient (Wildman–Crippen LogP) is 4.14. The van der Waals surface area contributed by atoms with E-state index in [0.717, 1.165) is 31.6 Å². The van der Waals surface area contributed by atoms with E-state index >= 15 is 0 Å². The van der Waals surface area contributed by atoms with E-state index in [1.165, 1.54) is 12.1 Å². The van der Waals surface area contributed by atoms with Gasteiger partial charge in [0.25, 0.3) is 0 Å². The van der Waals surface area contributed by atoms with Crippen LogP contribution < -0.4 is 4.74 Å². The number of halogens is 3. The molecule has 0 saturated heterocycles. The summed E-state index contributed by atoms with van der Waals surface area (Å²) in [5.74, 6) is 0.756. The van der Waals surface area contributed by atoms with Crippen LogP contribution in [0.4, 0.5) is 4.39 Å². The highest BCUT2D eigenvalue weighted by Crippen LogP contribution is 2.30. The third-order valence-corrected chi connectivity index (χ3v) is 3.72. The molecule has 2 aromatic rings. The van der Waals surface area contributed by atoms with Crippen molar-refractivity contribution in [2.45, 2.75) is 31.9 Å². The average molecular weight is 361 g/mol. The molecule has 0 aliphatic carbocycles. The molecule has 106 valence electrons. The van der Waals surface area contributed by atoms with Gasteiger partial charge in [0, 0.05) is 17.6 Å². The highest BCUT2D eigenvalue weighted by atomic mass is 79.9. The first-order chi connectivity index (χ1) is 9.61. The molecule has 0 spiro atoms. The van der Waals surface area contributed by atoms with Crippen LogP contribution in [-0.2, 0) is 6.54 Å². The Morgan fingerprint density at radius 1 is 1.35 bits per heavy atom. The van der Waals surface area contributed by atoms with E-state index in [2.05, 4.69) is 26.0 Å². The molecule has 0 saturated carbocycles. The number of rotatable bonds is 2. The van der Waals surface area contributed by atoms with Gasteiger partial charge in [-0.2, -0.15) is 0 Å². The van der Waals surface area contributed by atoms with E-state index < -0.39 is 5.82 Å². The zero-order valence-electron chi connectivity index (χ0n) is 10.5.